The van der Waals surface area contributed by atoms with Crippen LogP contribution in [0.15, 0.2) is 0 Å². The quantitative estimate of drug-likeness (QED) is 0.174. The summed E-state index contributed by atoms with van der Waals surface area (Å²) in [7, 11) is -4.92. The molecule has 0 aromatic heterocycles. The Hall–Kier alpha value is -0.860. The number of hydrogen-bond donors (Lipinski definition) is 3. The van der Waals surface area contributed by atoms with E-state index in [9.17, 15) is 0 Å². The van der Waals surface area contributed by atoms with E-state index in [4.69, 9.17) is 28.7 Å². The highest BCUT2D eigenvalue weighted by atomic mass is 32.3. The summed E-state index contributed by atoms with van der Waals surface area (Å²) in [6.07, 6.45) is 0. The molecule has 0 aliphatic rings. The Morgan fingerprint density at radius 1 is 1.82 bits per heavy atom. The predicted molar refractivity (Wildman–Crippen MR) is 35.1 cm³/mol. The molecular formula is C3H10N2O5S. The fourth-order valence-electron chi connectivity index (χ4n) is 0.167. The first kappa shape index (κ1) is 12.8. The molecule has 0 atom stereocenters. The van der Waals surface area contributed by atoms with E-state index in [2.05, 4.69) is 4.74 Å². The van der Waals surface area contributed by atoms with Crippen LogP contribution in [0, 0.1) is 0 Å². The van der Waals surface area contributed by atoms with Crippen molar-refractivity contribution in [2.24, 2.45) is 5.73 Å². The van der Waals surface area contributed by atoms with Crippen LogP contribution in [0.3, 0.4) is 0 Å². The Labute approximate surface area is 64.2 Å². The monoisotopic (exact) mass is 186 g/mol. The van der Waals surface area contributed by atoms with Gasteiger partial charge in [0.25, 0.3) is 0 Å². The largest absolute Gasteiger partial charge is 0.726 e. The van der Waals surface area contributed by atoms with Crippen LogP contribution in [0.4, 0.5) is 0 Å². The molecule has 0 saturated heterocycles. The molecule has 5 N–H and O–H groups in total. The summed E-state index contributed by atoms with van der Waals surface area (Å²) in [5.74, 6) is 0. The second-order valence-corrected chi connectivity index (χ2v) is 2.12. The van der Waals surface area contributed by atoms with Gasteiger partial charge in [-0.05, 0) is 6.92 Å². The Bertz CT molecular complexity index is 190. The number of hydrogen-bond acceptors (Lipinski definition) is 4. The summed E-state index contributed by atoms with van der Waals surface area (Å²) in [6, 6.07) is 0.0394. The van der Waals surface area contributed by atoms with Crippen molar-refractivity contribution in [3.63, 3.8) is 0 Å². The molecule has 0 aliphatic heterocycles. The average Bonchev–Trinajstić information content (AvgIpc) is 1.58. The van der Waals surface area contributed by atoms with Gasteiger partial charge in [0.05, 0.1) is 6.61 Å². The molecule has 0 heterocycles. The molecule has 0 aliphatic carbocycles. The molecule has 0 unspecified atom stereocenters. The van der Waals surface area contributed by atoms with Crippen LogP contribution < -0.4 is 11.1 Å². The molecule has 0 fully saturated rings. The standard InChI is InChI=1S/C3H8N2O.H2O4S/c1-2-6-3(4)5;1-5(2,3)4/h2H2,1H3,(H3,4,5);(H2,1,2,3,4). The van der Waals surface area contributed by atoms with E-state index >= 15 is 0 Å². The van der Waals surface area contributed by atoms with Gasteiger partial charge in [0.1, 0.15) is 0 Å². The normalized spacial score (nSPS) is 9.36. The molecule has 11 heavy (non-hydrogen) atoms. The predicted octanol–water partition coefficient (Wildman–Crippen LogP) is -2.90. The van der Waals surface area contributed by atoms with Gasteiger partial charge < -0.3 is 9.29 Å². The first-order valence-electron chi connectivity index (χ1n) is 2.46. The van der Waals surface area contributed by atoms with E-state index in [-0.39, 0.29) is 6.02 Å². The second kappa shape index (κ2) is 5.89. The second-order valence-electron chi connectivity index (χ2n) is 1.26. The molecule has 0 amide bonds. The third-order valence-corrected chi connectivity index (χ3v) is 0.311. The maximum Gasteiger partial charge on any atom is 0.437 e. The van der Waals surface area contributed by atoms with Gasteiger partial charge in [0.2, 0.25) is 10.4 Å². The molecule has 0 aromatic rings. The maximum atomic E-state index is 8.63. The van der Waals surface area contributed by atoms with Crippen molar-refractivity contribution in [1.82, 2.24) is 0 Å². The van der Waals surface area contributed by atoms with E-state index in [0.29, 0.717) is 6.61 Å². The SMILES string of the molecule is CCOC(N)=[NH2+].O=S(=O)([O-])O. The van der Waals surface area contributed by atoms with Crippen LogP contribution >= 0.6 is 0 Å². The molecular weight excluding hydrogens is 176 g/mol. The minimum atomic E-state index is -4.92. The third-order valence-electron chi connectivity index (χ3n) is 0.311. The van der Waals surface area contributed by atoms with Crippen molar-refractivity contribution in [1.29, 1.82) is 0 Å². The first-order valence-corrected chi connectivity index (χ1v) is 3.82. The maximum absolute atomic E-state index is 8.63. The lowest BCUT2D eigenvalue weighted by atomic mass is 10.9. The summed E-state index contributed by atoms with van der Waals surface area (Å²) < 4.78 is 37.3. The number of rotatable bonds is 1. The zero-order valence-electron chi connectivity index (χ0n) is 5.85. The summed E-state index contributed by atoms with van der Waals surface area (Å²) in [6.45, 7) is 2.36. The van der Waals surface area contributed by atoms with Crippen molar-refractivity contribution >= 4 is 16.4 Å². The molecule has 0 aromatic carbocycles. The molecule has 0 radical (unpaired) electrons. The Morgan fingerprint density at radius 2 is 2.09 bits per heavy atom. The minimum absolute atomic E-state index is 0.0394. The summed E-state index contributed by atoms with van der Waals surface area (Å²) in [5, 5.41) is 4.88. The fourth-order valence-corrected chi connectivity index (χ4v) is 0.167. The molecule has 68 valence electrons. The topological polar surface area (TPSA) is 138 Å². The summed E-state index contributed by atoms with van der Waals surface area (Å²) >= 11 is 0. The van der Waals surface area contributed by atoms with Crippen molar-refractivity contribution < 1.29 is 27.7 Å². The zero-order chi connectivity index (χ0) is 9.49. The van der Waals surface area contributed by atoms with Gasteiger partial charge in [-0.2, -0.15) is 0 Å². The van der Waals surface area contributed by atoms with Crippen LogP contribution in [0.5, 0.6) is 0 Å². The highest BCUT2D eigenvalue weighted by molar-refractivity contribution is 7.79. The van der Waals surface area contributed by atoms with Gasteiger partial charge >= 0.3 is 6.02 Å². The smallest absolute Gasteiger partial charge is 0.437 e. The van der Waals surface area contributed by atoms with Crippen LogP contribution in [-0.2, 0) is 15.1 Å². The van der Waals surface area contributed by atoms with Crippen molar-refractivity contribution in [2.75, 3.05) is 6.61 Å². The minimum Gasteiger partial charge on any atom is -0.726 e. The van der Waals surface area contributed by atoms with E-state index in [0.717, 1.165) is 0 Å². The van der Waals surface area contributed by atoms with Crippen LogP contribution in [-0.4, -0.2) is 30.2 Å². The van der Waals surface area contributed by atoms with Gasteiger partial charge in [-0.1, -0.05) is 0 Å². The summed E-state index contributed by atoms with van der Waals surface area (Å²) in [5.41, 5.74) is 4.88. The van der Waals surface area contributed by atoms with Crippen molar-refractivity contribution in [3.05, 3.63) is 0 Å². The number of nitrogens with two attached hydrogens (primary N) is 2. The Kier molecular flexibility index (Phi) is 6.85. The van der Waals surface area contributed by atoms with Crippen molar-refractivity contribution in [2.45, 2.75) is 6.92 Å². The first-order chi connectivity index (χ1) is 4.77. The van der Waals surface area contributed by atoms with Gasteiger partial charge in [-0.25, -0.2) is 8.42 Å². The lowest BCUT2D eigenvalue weighted by Gasteiger charge is -1.88. The molecule has 0 bridgehead atoms. The number of amidine groups is 1. The van der Waals surface area contributed by atoms with E-state index < -0.39 is 10.4 Å². The van der Waals surface area contributed by atoms with Crippen LogP contribution in [0.2, 0.25) is 0 Å². The summed E-state index contributed by atoms with van der Waals surface area (Å²) in [4.78, 5) is 0. The van der Waals surface area contributed by atoms with Gasteiger partial charge in [0.15, 0.2) is 0 Å². The molecule has 0 saturated carbocycles. The van der Waals surface area contributed by atoms with E-state index in [1.165, 1.54) is 0 Å². The third kappa shape index (κ3) is 102. The van der Waals surface area contributed by atoms with Gasteiger partial charge in [-0.3, -0.25) is 15.7 Å². The van der Waals surface area contributed by atoms with Crippen LogP contribution in [0.1, 0.15) is 6.92 Å². The van der Waals surface area contributed by atoms with E-state index in [1.807, 2.05) is 6.92 Å². The zero-order valence-corrected chi connectivity index (χ0v) is 6.67. The van der Waals surface area contributed by atoms with Crippen molar-refractivity contribution in [3.8, 4) is 0 Å². The fraction of sp³-hybridized carbons (Fsp3) is 0.667. The van der Waals surface area contributed by atoms with Crippen LogP contribution in [0.25, 0.3) is 0 Å². The Balaban J connectivity index is 0. The number of ether oxygens (including phenoxy) is 1. The Morgan fingerprint density at radius 3 is 2.09 bits per heavy atom. The molecule has 7 nitrogen and oxygen atoms in total. The van der Waals surface area contributed by atoms with E-state index in [1.54, 1.807) is 0 Å². The van der Waals surface area contributed by atoms with Gasteiger partial charge in [0, 0.05) is 0 Å². The average molecular weight is 186 g/mol. The molecule has 8 heteroatoms. The van der Waals surface area contributed by atoms with Gasteiger partial charge in [-0.15, -0.1) is 0 Å². The lowest BCUT2D eigenvalue weighted by Crippen LogP contribution is -2.47. The highest BCUT2D eigenvalue weighted by Crippen LogP contribution is 1.59. The highest BCUT2D eigenvalue weighted by Gasteiger charge is 1.84. The lowest BCUT2D eigenvalue weighted by molar-refractivity contribution is -0.141. The molecule has 0 spiro atoms. The molecule has 0 rings (SSSR count).